The first-order valence-electron chi connectivity index (χ1n) is 6.23. The summed E-state index contributed by atoms with van der Waals surface area (Å²) >= 11 is 0. The van der Waals surface area contributed by atoms with Crippen molar-refractivity contribution >= 4 is 11.9 Å². The van der Waals surface area contributed by atoms with E-state index in [-0.39, 0.29) is 28.6 Å². The van der Waals surface area contributed by atoms with E-state index in [2.05, 4.69) is 0 Å². The third-order valence-electron chi connectivity index (χ3n) is 3.15. The van der Waals surface area contributed by atoms with Crippen LogP contribution in [0.4, 0.5) is 0 Å². The molecule has 0 radical (unpaired) electrons. The van der Waals surface area contributed by atoms with Crippen LogP contribution in [0.3, 0.4) is 0 Å². The summed E-state index contributed by atoms with van der Waals surface area (Å²) in [5.74, 6) is 0.0752. The van der Waals surface area contributed by atoms with Crippen molar-refractivity contribution < 1.29 is 24.5 Å². The van der Waals surface area contributed by atoms with Crippen LogP contribution in [-0.4, -0.2) is 23.1 Å². The van der Waals surface area contributed by atoms with Gasteiger partial charge in [0.1, 0.15) is 28.6 Å². The summed E-state index contributed by atoms with van der Waals surface area (Å²) in [7, 11) is 1.57. The van der Waals surface area contributed by atoms with Crippen molar-refractivity contribution in [2.24, 2.45) is 0 Å². The highest BCUT2D eigenvalue weighted by atomic mass is 16.5. The Morgan fingerprint density at radius 3 is 2.52 bits per heavy atom. The average Bonchev–Trinajstić information content (AvgIpc) is 2.76. The van der Waals surface area contributed by atoms with Gasteiger partial charge in [-0.3, -0.25) is 4.79 Å². The number of rotatable bonds is 2. The van der Waals surface area contributed by atoms with Gasteiger partial charge in [-0.2, -0.15) is 0 Å². The first-order chi connectivity index (χ1) is 10.1. The van der Waals surface area contributed by atoms with Gasteiger partial charge in [-0.05, 0) is 23.8 Å². The molecule has 0 unspecified atom stereocenters. The van der Waals surface area contributed by atoms with E-state index in [1.165, 1.54) is 6.07 Å². The van der Waals surface area contributed by atoms with Crippen molar-refractivity contribution in [2.45, 2.75) is 0 Å². The second-order valence-corrected chi connectivity index (χ2v) is 4.55. The van der Waals surface area contributed by atoms with Gasteiger partial charge < -0.3 is 19.7 Å². The highest BCUT2D eigenvalue weighted by molar-refractivity contribution is 6.16. The van der Waals surface area contributed by atoms with Gasteiger partial charge in [0.2, 0.25) is 5.78 Å². The maximum Gasteiger partial charge on any atom is 0.235 e. The molecule has 0 saturated heterocycles. The number of phenolic OH excluding ortho intramolecular Hbond substituents is 2. The molecule has 2 N–H and O–H groups in total. The molecule has 106 valence electrons. The van der Waals surface area contributed by atoms with Crippen molar-refractivity contribution in [2.75, 3.05) is 7.11 Å². The zero-order valence-electron chi connectivity index (χ0n) is 11.2. The average molecular weight is 284 g/mol. The number of methoxy groups -OCH3 is 1. The van der Waals surface area contributed by atoms with Gasteiger partial charge in [-0.15, -0.1) is 0 Å². The lowest BCUT2D eigenvalue weighted by molar-refractivity contribution is 0.101. The Morgan fingerprint density at radius 1 is 1.14 bits per heavy atom. The minimum atomic E-state index is -0.418. The molecule has 0 aliphatic carbocycles. The number of ketones is 1. The van der Waals surface area contributed by atoms with Crippen LogP contribution in [-0.2, 0) is 0 Å². The largest absolute Gasteiger partial charge is 0.508 e. The van der Waals surface area contributed by atoms with Crippen LogP contribution in [0.1, 0.15) is 15.9 Å². The van der Waals surface area contributed by atoms with Gasteiger partial charge in [0.25, 0.3) is 0 Å². The summed E-state index contributed by atoms with van der Waals surface area (Å²) in [6.07, 6.45) is 1.57. The molecular formula is C16H12O5. The van der Waals surface area contributed by atoms with Gasteiger partial charge in [-0.1, -0.05) is 12.1 Å². The van der Waals surface area contributed by atoms with Crippen molar-refractivity contribution in [1.82, 2.24) is 0 Å². The van der Waals surface area contributed by atoms with Crippen LogP contribution in [0.25, 0.3) is 6.08 Å². The van der Waals surface area contributed by atoms with E-state index < -0.39 is 5.78 Å². The smallest absolute Gasteiger partial charge is 0.235 e. The lowest BCUT2D eigenvalue weighted by Gasteiger charge is -2.01. The zero-order valence-corrected chi connectivity index (χ0v) is 11.2. The number of Topliss-reactive ketones (excluding diaryl/α,β-unsaturated/α-hetero) is 1. The van der Waals surface area contributed by atoms with E-state index in [0.717, 1.165) is 11.6 Å². The summed E-state index contributed by atoms with van der Waals surface area (Å²) in [6, 6.07) is 9.49. The molecule has 1 aliphatic rings. The number of carbonyl (C=O) groups excluding carboxylic acids is 1. The van der Waals surface area contributed by atoms with Crippen molar-refractivity contribution in [1.29, 1.82) is 0 Å². The number of hydrogen-bond acceptors (Lipinski definition) is 5. The second kappa shape index (κ2) is 4.86. The minimum Gasteiger partial charge on any atom is -0.508 e. The number of carbonyl (C=O) groups is 1. The van der Waals surface area contributed by atoms with Crippen molar-refractivity contribution in [3.63, 3.8) is 0 Å². The van der Waals surface area contributed by atoms with Gasteiger partial charge in [0.05, 0.1) is 7.11 Å². The van der Waals surface area contributed by atoms with E-state index in [0.29, 0.717) is 5.75 Å². The van der Waals surface area contributed by atoms with Crippen LogP contribution in [0.15, 0.2) is 42.2 Å². The van der Waals surface area contributed by atoms with E-state index in [9.17, 15) is 15.0 Å². The first-order valence-corrected chi connectivity index (χ1v) is 6.23. The lowest BCUT2D eigenvalue weighted by atomic mass is 10.1. The number of allylic oxidation sites excluding steroid dienone is 1. The van der Waals surface area contributed by atoms with Crippen LogP contribution in [0.2, 0.25) is 0 Å². The molecule has 0 fully saturated rings. The van der Waals surface area contributed by atoms with Crippen LogP contribution in [0.5, 0.6) is 23.0 Å². The SMILES string of the molecule is COc1ccc(/C=C2\Oc3cc(O)cc(O)c3C2=O)cc1. The number of phenols is 2. The third kappa shape index (κ3) is 2.29. The molecule has 0 spiro atoms. The Kier molecular flexibility index (Phi) is 3.02. The number of fused-ring (bicyclic) bond motifs is 1. The number of ether oxygens (including phenoxy) is 2. The Balaban J connectivity index is 1.96. The standard InChI is InChI=1S/C16H12O5/c1-20-11-4-2-9(3-5-11)6-14-16(19)15-12(18)7-10(17)8-13(15)21-14/h2-8,17-18H,1H3/b14-6-. The third-order valence-corrected chi connectivity index (χ3v) is 3.15. The summed E-state index contributed by atoms with van der Waals surface area (Å²) < 4.78 is 10.5. The maximum absolute atomic E-state index is 12.2. The molecule has 0 aromatic heterocycles. The highest BCUT2D eigenvalue weighted by Gasteiger charge is 2.31. The molecule has 21 heavy (non-hydrogen) atoms. The Labute approximate surface area is 120 Å². The lowest BCUT2D eigenvalue weighted by Crippen LogP contribution is -1.98. The Morgan fingerprint density at radius 2 is 1.86 bits per heavy atom. The maximum atomic E-state index is 12.2. The summed E-state index contributed by atoms with van der Waals surface area (Å²) in [5.41, 5.74) is 0.822. The van der Waals surface area contributed by atoms with Gasteiger partial charge >= 0.3 is 0 Å². The predicted molar refractivity (Wildman–Crippen MR) is 75.7 cm³/mol. The molecule has 5 nitrogen and oxygen atoms in total. The zero-order chi connectivity index (χ0) is 15.0. The number of aromatic hydroxyl groups is 2. The highest BCUT2D eigenvalue weighted by Crippen LogP contribution is 2.40. The second-order valence-electron chi connectivity index (χ2n) is 4.55. The first kappa shape index (κ1) is 13.1. The fourth-order valence-electron chi connectivity index (χ4n) is 2.13. The van der Waals surface area contributed by atoms with Crippen LogP contribution < -0.4 is 9.47 Å². The Bertz CT molecular complexity index is 744. The molecule has 0 saturated carbocycles. The van der Waals surface area contributed by atoms with Crippen molar-refractivity contribution in [3.8, 4) is 23.0 Å². The fourth-order valence-corrected chi connectivity index (χ4v) is 2.13. The molecule has 5 heteroatoms. The summed E-state index contributed by atoms with van der Waals surface area (Å²) in [4.78, 5) is 12.2. The molecule has 0 atom stereocenters. The van der Waals surface area contributed by atoms with E-state index in [1.807, 2.05) is 0 Å². The van der Waals surface area contributed by atoms with Gasteiger partial charge in [-0.25, -0.2) is 0 Å². The molecule has 3 rings (SSSR count). The number of hydrogen-bond donors (Lipinski definition) is 2. The van der Waals surface area contributed by atoms with Crippen molar-refractivity contribution in [3.05, 3.63) is 53.3 Å². The molecule has 1 aliphatic heterocycles. The molecule has 2 aromatic carbocycles. The number of benzene rings is 2. The van der Waals surface area contributed by atoms with Gasteiger partial charge in [0, 0.05) is 12.1 Å². The Hall–Kier alpha value is -2.95. The van der Waals surface area contributed by atoms with E-state index in [4.69, 9.17) is 9.47 Å². The van der Waals surface area contributed by atoms with Crippen LogP contribution in [0, 0.1) is 0 Å². The van der Waals surface area contributed by atoms with E-state index >= 15 is 0 Å². The summed E-state index contributed by atoms with van der Waals surface area (Å²) in [5, 5.41) is 19.1. The molecule has 0 bridgehead atoms. The minimum absolute atomic E-state index is 0.0626. The quantitative estimate of drug-likeness (QED) is 0.829. The molecule has 1 heterocycles. The topological polar surface area (TPSA) is 76.0 Å². The van der Waals surface area contributed by atoms with Crippen LogP contribution >= 0.6 is 0 Å². The normalized spacial score (nSPS) is 14.9. The van der Waals surface area contributed by atoms with E-state index in [1.54, 1.807) is 37.5 Å². The fraction of sp³-hybridized carbons (Fsp3) is 0.0625. The molecule has 0 amide bonds. The monoisotopic (exact) mass is 284 g/mol. The molecular weight excluding hydrogens is 272 g/mol. The summed E-state index contributed by atoms with van der Waals surface area (Å²) in [6.45, 7) is 0. The predicted octanol–water partition coefficient (Wildman–Crippen LogP) is 2.72. The molecule has 2 aromatic rings. The van der Waals surface area contributed by atoms with Gasteiger partial charge in [0.15, 0.2) is 5.76 Å².